The average molecular weight is 241 g/mol. The molecule has 0 saturated heterocycles. The molecule has 17 heavy (non-hydrogen) atoms. The van der Waals surface area contributed by atoms with Gasteiger partial charge in [0, 0.05) is 25.8 Å². The monoisotopic (exact) mass is 241 g/mol. The molecule has 0 aliphatic rings. The average Bonchev–Trinajstić information content (AvgIpc) is 2.77. The van der Waals surface area contributed by atoms with E-state index in [1.807, 2.05) is 0 Å². The third kappa shape index (κ3) is 6.29. The Bertz CT molecular complexity index is 350. The zero-order chi connectivity index (χ0) is 12.5. The molecule has 0 saturated carbocycles. The molecule has 0 bridgehead atoms. The van der Waals surface area contributed by atoms with E-state index < -0.39 is 5.97 Å². The number of carboxylic acids is 1. The Kier molecular flexibility index (Phi) is 5.70. The fourth-order valence-corrected chi connectivity index (χ4v) is 1.27. The van der Waals surface area contributed by atoms with Crippen LogP contribution in [0.3, 0.4) is 0 Å². The molecule has 1 aromatic rings. The number of carboxylic acid groups (broad SMARTS) is 1. The molecule has 0 fully saturated rings. The highest BCUT2D eigenvalue weighted by atomic mass is 16.5. The first-order chi connectivity index (χ1) is 8.18. The quantitative estimate of drug-likeness (QED) is 0.637. The van der Waals surface area contributed by atoms with Gasteiger partial charge in [-0.05, 0) is 12.8 Å². The van der Waals surface area contributed by atoms with Gasteiger partial charge in [0.15, 0.2) is 6.33 Å². The van der Waals surface area contributed by atoms with Gasteiger partial charge in [0.1, 0.15) is 0 Å². The lowest BCUT2D eigenvalue weighted by molar-refractivity contribution is -0.137. The van der Waals surface area contributed by atoms with E-state index in [9.17, 15) is 9.59 Å². The molecule has 0 unspecified atom stereocenters. The third-order valence-corrected chi connectivity index (χ3v) is 2.11. The largest absolute Gasteiger partial charge is 0.481 e. The summed E-state index contributed by atoms with van der Waals surface area (Å²) in [4.78, 5) is 25.3. The molecule has 1 amide bonds. The molecule has 0 radical (unpaired) electrons. The maximum atomic E-state index is 11.3. The summed E-state index contributed by atoms with van der Waals surface area (Å²) >= 11 is 0. The predicted octanol–water partition coefficient (Wildman–Crippen LogP) is 0.373. The van der Waals surface area contributed by atoms with Gasteiger partial charge >= 0.3 is 5.97 Å². The topological polar surface area (TPSA) is 105 Å². The van der Waals surface area contributed by atoms with Crippen LogP contribution in [0.2, 0.25) is 0 Å². The van der Waals surface area contributed by atoms with Crippen molar-refractivity contribution in [2.45, 2.75) is 32.1 Å². The minimum atomic E-state index is -0.832. The second-order valence-electron chi connectivity index (χ2n) is 3.54. The van der Waals surface area contributed by atoms with Crippen molar-refractivity contribution in [3.63, 3.8) is 0 Å². The molecule has 0 spiro atoms. The number of hydrogen-bond donors (Lipinski definition) is 2. The number of aromatic nitrogens is 2. The minimum Gasteiger partial charge on any atom is -0.481 e. The molecule has 1 aromatic heterocycles. The van der Waals surface area contributed by atoms with Gasteiger partial charge in [-0.1, -0.05) is 5.16 Å². The normalized spacial score (nSPS) is 10.1. The Labute approximate surface area is 98.2 Å². The van der Waals surface area contributed by atoms with Gasteiger partial charge < -0.3 is 14.9 Å². The first kappa shape index (κ1) is 13.1. The van der Waals surface area contributed by atoms with E-state index >= 15 is 0 Å². The molecular weight excluding hydrogens is 226 g/mol. The molecule has 0 aliphatic carbocycles. The van der Waals surface area contributed by atoms with Crippen LogP contribution in [0.1, 0.15) is 31.6 Å². The molecular formula is C10H15N3O4. The van der Waals surface area contributed by atoms with E-state index in [0.29, 0.717) is 38.1 Å². The number of nitrogens with zero attached hydrogens (tertiary/aromatic N) is 2. The maximum absolute atomic E-state index is 11.3. The van der Waals surface area contributed by atoms with Crippen molar-refractivity contribution in [3.05, 3.63) is 12.2 Å². The lowest BCUT2D eigenvalue weighted by atomic mass is 10.2. The second kappa shape index (κ2) is 7.37. The summed E-state index contributed by atoms with van der Waals surface area (Å²) in [5.41, 5.74) is 0. The van der Waals surface area contributed by atoms with Crippen molar-refractivity contribution in [2.75, 3.05) is 6.54 Å². The van der Waals surface area contributed by atoms with E-state index in [1.54, 1.807) is 0 Å². The Morgan fingerprint density at radius 2 is 2.12 bits per heavy atom. The summed E-state index contributed by atoms with van der Waals surface area (Å²) in [5, 5.41) is 14.5. The zero-order valence-corrected chi connectivity index (χ0v) is 9.39. The molecule has 94 valence electrons. The van der Waals surface area contributed by atoms with Crippen LogP contribution in [0.25, 0.3) is 0 Å². The molecule has 2 N–H and O–H groups in total. The zero-order valence-electron chi connectivity index (χ0n) is 9.39. The summed E-state index contributed by atoms with van der Waals surface area (Å²) in [6.07, 6.45) is 3.36. The van der Waals surface area contributed by atoms with Crippen molar-refractivity contribution < 1.29 is 19.2 Å². The molecule has 1 rings (SSSR count). The minimum absolute atomic E-state index is 0.0881. The molecule has 1 heterocycles. The molecule has 0 aromatic carbocycles. The Morgan fingerprint density at radius 3 is 2.76 bits per heavy atom. The lowest BCUT2D eigenvalue weighted by Gasteiger charge is -2.02. The van der Waals surface area contributed by atoms with Crippen molar-refractivity contribution >= 4 is 11.9 Å². The van der Waals surface area contributed by atoms with Crippen molar-refractivity contribution in [3.8, 4) is 0 Å². The van der Waals surface area contributed by atoms with Gasteiger partial charge in [-0.2, -0.15) is 4.98 Å². The van der Waals surface area contributed by atoms with Crippen LogP contribution in [0.15, 0.2) is 10.9 Å². The second-order valence-corrected chi connectivity index (χ2v) is 3.54. The van der Waals surface area contributed by atoms with Gasteiger partial charge in [0.2, 0.25) is 11.8 Å². The smallest absolute Gasteiger partial charge is 0.303 e. The summed E-state index contributed by atoms with van der Waals surface area (Å²) < 4.78 is 4.76. The first-order valence-electron chi connectivity index (χ1n) is 5.42. The van der Waals surface area contributed by atoms with Crippen LogP contribution in [0.5, 0.6) is 0 Å². The Hall–Kier alpha value is -1.92. The van der Waals surface area contributed by atoms with E-state index in [0.717, 1.165) is 0 Å². The number of amides is 1. The number of aliphatic carboxylic acids is 1. The number of carbonyl (C=O) groups is 2. The number of carbonyl (C=O) groups excluding carboxylic acids is 1. The van der Waals surface area contributed by atoms with Gasteiger partial charge in [-0.3, -0.25) is 9.59 Å². The maximum Gasteiger partial charge on any atom is 0.303 e. The number of hydrogen-bond acceptors (Lipinski definition) is 5. The molecule has 7 nitrogen and oxygen atoms in total. The van der Waals surface area contributed by atoms with Crippen LogP contribution < -0.4 is 5.32 Å². The SMILES string of the molecule is O=C(O)CCCCC(=O)NCCc1ncno1. The summed E-state index contributed by atoms with van der Waals surface area (Å²) in [6, 6.07) is 0. The number of unbranched alkanes of at least 4 members (excludes halogenated alkanes) is 1. The van der Waals surface area contributed by atoms with Crippen LogP contribution in [0, 0.1) is 0 Å². The summed E-state index contributed by atoms with van der Waals surface area (Å²) in [6.45, 7) is 0.444. The van der Waals surface area contributed by atoms with Crippen molar-refractivity contribution in [2.24, 2.45) is 0 Å². The van der Waals surface area contributed by atoms with Crippen molar-refractivity contribution in [1.82, 2.24) is 15.5 Å². The third-order valence-electron chi connectivity index (χ3n) is 2.11. The van der Waals surface area contributed by atoms with Gasteiger partial charge in [-0.15, -0.1) is 0 Å². The number of nitrogens with one attached hydrogen (secondary N) is 1. The first-order valence-corrected chi connectivity index (χ1v) is 5.42. The van der Waals surface area contributed by atoms with E-state index in [2.05, 4.69) is 15.5 Å². The molecule has 0 aliphatic heterocycles. The number of rotatable bonds is 8. The molecule has 7 heteroatoms. The van der Waals surface area contributed by atoms with Crippen LogP contribution >= 0.6 is 0 Å². The van der Waals surface area contributed by atoms with Crippen LogP contribution in [-0.4, -0.2) is 33.7 Å². The predicted molar refractivity (Wildman–Crippen MR) is 57.1 cm³/mol. The van der Waals surface area contributed by atoms with Gasteiger partial charge in [0.25, 0.3) is 0 Å². The Balaban J connectivity index is 1.99. The highest BCUT2D eigenvalue weighted by Crippen LogP contribution is 1.99. The lowest BCUT2D eigenvalue weighted by Crippen LogP contribution is -2.25. The fraction of sp³-hybridized carbons (Fsp3) is 0.600. The fourth-order valence-electron chi connectivity index (χ4n) is 1.27. The van der Waals surface area contributed by atoms with Crippen LogP contribution in [0.4, 0.5) is 0 Å². The van der Waals surface area contributed by atoms with E-state index in [1.165, 1.54) is 6.33 Å². The Morgan fingerprint density at radius 1 is 1.35 bits per heavy atom. The molecule has 0 atom stereocenters. The van der Waals surface area contributed by atoms with E-state index in [4.69, 9.17) is 9.63 Å². The van der Waals surface area contributed by atoms with Gasteiger partial charge in [0.05, 0.1) is 0 Å². The van der Waals surface area contributed by atoms with Crippen molar-refractivity contribution in [1.29, 1.82) is 0 Å². The highest BCUT2D eigenvalue weighted by molar-refractivity contribution is 5.75. The van der Waals surface area contributed by atoms with E-state index in [-0.39, 0.29) is 12.3 Å². The summed E-state index contributed by atoms with van der Waals surface area (Å²) in [5.74, 6) is -0.437. The highest BCUT2D eigenvalue weighted by Gasteiger charge is 2.04. The van der Waals surface area contributed by atoms with Crippen LogP contribution in [-0.2, 0) is 16.0 Å². The van der Waals surface area contributed by atoms with Gasteiger partial charge in [-0.25, -0.2) is 0 Å². The standard InChI is InChI=1S/C10H15N3O4/c14-8(3-1-2-4-10(15)16)11-6-5-9-12-7-13-17-9/h7H,1-6H2,(H,11,14)(H,15,16). The summed E-state index contributed by atoms with van der Waals surface area (Å²) in [7, 11) is 0.